The SMILES string of the molecule is COC(C)C(=O)Nc1cnoc1. The number of nitrogens with one attached hydrogen (secondary N) is 1. The molecule has 5 heteroatoms. The van der Waals surface area contributed by atoms with Gasteiger partial charge in [-0.15, -0.1) is 0 Å². The molecule has 1 unspecified atom stereocenters. The standard InChI is InChI=1S/C7H10N2O3/c1-5(11-2)7(10)9-6-3-8-12-4-6/h3-5H,1-2H3,(H,9,10). The van der Waals surface area contributed by atoms with Crippen molar-refractivity contribution in [2.45, 2.75) is 13.0 Å². The molecule has 12 heavy (non-hydrogen) atoms. The molecule has 66 valence electrons. The molecule has 0 fully saturated rings. The fraction of sp³-hybridized carbons (Fsp3) is 0.429. The predicted molar refractivity (Wildman–Crippen MR) is 41.6 cm³/mol. The van der Waals surface area contributed by atoms with E-state index >= 15 is 0 Å². The van der Waals surface area contributed by atoms with Crippen molar-refractivity contribution in [3.63, 3.8) is 0 Å². The van der Waals surface area contributed by atoms with E-state index in [1.54, 1.807) is 6.92 Å². The van der Waals surface area contributed by atoms with Gasteiger partial charge in [0.05, 0.1) is 6.20 Å². The van der Waals surface area contributed by atoms with Gasteiger partial charge in [0, 0.05) is 7.11 Å². The zero-order valence-corrected chi connectivity index (χ0v) is 6.90. The van der Waals surface area contributed by atoms with E-state index in [0.717, 1.165) is 0 Å². The minimum absolute atomic E-state index is 0.222. The summed E-state index contributed by atoms with van der Waals surface area (Å²) in [7, 11) is 1.47. The molecule has 5 nitrogen and oxygen atoms in total. The maximum atomic E-state index is 11.1. The maximum absolute atomic E-state index is 11.1. The van der Waals surface area contributed by atoms with Crippen LogP contribution in [0.1, 0.15) is 6.92 Å². The molecule has 1 amide bonds. The van der Waals surface area contributed by atoms with Gasteiger partial charge in [0.1, 0.15) is 18.1 Å². The van der Waals surface area contributed by atoms with E-state index in [9.17, 15) is 4.79 Å². The number of rotatable bonds is 3. The van der Waals surface area contributed by atoms with Crippen LogP contribution < -0.4 is 5.32 Å². The second-order valence-electron chi connectivity index (χ2n) is 2.28. The van der Waals surface area contributed by atoms with Crippen molar-refractivity contribution in [3.05, 3.63) is 12.5 Å². The van der Waals surface area contributed by atoms with E-state index < -0.39 is 6.10 Å². The number of aromatic nitrogens is 1. The van der Waals surface area contributed by atoms with Gasteiger partial charge in [0.25, 0.3) is 5.91 Å². The molecule has 0 aromatic carbocycles. The molecule has 0 aliphatic rings. The van der Waals surface area contributed by atoms with Crippen molar-refractivity contribution in [1.29, 1.82) is 0 Å². The first kappa shape index (κ1) is 8.73. The minimum Gasteiger partial charge on any atom is -0.372 e. The van der Waals surface area contributed by atoms with Crippen LogP contribution in [0.25, 0.3) is 0 Å². The van der Waals surface area contributed by atoms with Crippen LogP contribution >= 0.6 is 0 Å². The summed E-state index contributed by atoms with van der Waals surface area (Å²) in [5.74, 6) is -0.222. The fourth-order valence-electron chi connectivity index (χ4n) is 0.618. The third kappa shape index (κ3) is 2.06. The highest BCUT2D eigenvalue weighted by molar-refractivity contribution is 5.93. The highest BCUT2D eigenvalue weighted by Crippen LogP contribution is 2.04. The lowest BCUT2D eigenvalue weighted by atomic mass is 10.3. The molecule has 1 aromatic rings. The Labute approximate surface area is 69.7 Å². The zero-order valence-electron chi connectivity index (χ0n) is 6.90. The van der Waals surface area contributed by atoms with E-state index in [0.29, 0.717) is 5.69 Å². The van der Waals surface area contributed by atoms with Crippen molar-refractivity contribution in [2.24, 2.45) is 0 Å². The number of methoxy groups -OCH3 is 1. The van der Waals surface area contributed by atoms with E-state index in [2.05, 4.69) is 15.0 Å². The Hall–Kier alpha value is -1.36. The molecule has 0 aliphatic carbocycles. The Morgan fingerprint density at radius 3 is 3.08 bits per heavy atom. The Morgan fingerprint density at radius 2 is 2.58 bits per heavy atom. The number of ether oxygens (including phenoxy) is 1. The Balaban J connectivity index is 2.47. The zero-order chi connectivity index (χ0) is 8.97. The monoisotopic (exact) mass is 170 g/mol. The van der Waals surface area contributed by atoms with Crippen LogP contribution in [0, 0.1) is 0 Å². The lowest BCUT2D eigenvalue weighted by molar-refractivity contribution is -0.124. The van der Waals surface area contributed by atoms with E-state index in [1.807, 2.05) is 0 Å². The second-order valence-corrected chi connectivity index (χ2v) is 2.28. The van der Waals surface area contributed by atoms with E-state index in [-0.39, 0.29) is 5.91 Å². The van der Waals surface area contributed by atoms with Gasteiger partial charge >= 0.3 is 0 Å². The summed E-state index contributed by atoms with van der Waals surface area (Å²) in [4.78, 5) is 11.1. The molecule has 0 spiro atoms. The van der Waals surface area contributed by atoms with Gasteiger partial charge in [0.15, 0.2) is 0 Å². The fourth-order valence-corrected chi connectivity index (χ4v) is 0.618. The maximum Gasteiger partial charge on any atom is 0.253 e. The largest absolute Gasteiger partial charge is 0.372 e. The third-order valence-electron chi connectivity index (χ3n) is 1.42. The average molecular weight is 170 g/mol. The van der Waals surface area contributed by atoms with E-state index in [1.165, 1.54) is 19.6 Å². The van der Waals surface area contributed by atoms with Crippen molar-refractivity contribution >= 4 is 11.6 Å². The summed E-state index contributed by atoms with van der Waals surface area (Å²) in [5, 5.41) is 5.98. The first-order valence-corrected chi connectivity index (χ1v) is 3.47. The molecular formula is C7H10N2O3. The first-order valence-electron chi connectivity index (χ1n) is 3.47. The number of carbonyl (C=O) groups excluding carboxylic acids is 1. The molecule has 0 saturated heterocycles. The van der Waals surface area contributed by atoms with Gasteiger partial charge in [-0.1, -0.05) is 5.16 Å². The van der Waals surface area contributed by atoms with Gasteiger partial charge in [-0.3, -0.25) is 4.79 Å². The highest BCUT2D eigenvalue weighted by atomic mass is 16.5. The van der Waals surface area contributed by atoms with Gasteiger partial charge in [-0.2, -0.15) is 0 Å². The van der Waals surface area contributed by atoms with Gasteiger partial charge in [-0.25, -0.2) is 0 Å². The highest BCUT2D eigenvalue weighted by Gasteiger charge is 2.11. The van der Waals surface area contributed by atoms with Crippen LogP contribution in [0.15, 0.2) is 17.0 Å². The molecule has 0 aliphatic heterocycles. The number of carbonyl (C=O) groups is 1. The molecule has 1 N–H and O–H groups in total. The second kappa shape index (κ2) is 3.87. The molecular weight excluding hydrogens is 160 g/mol. The van der Waals surface area contributed by atoms with Gasteiger partial charge in [0.2, 0.25) is 0 Å². The molecule has 1 rings (SSSR count). The topological polar surface area (TPSA) is 64.4 Å². The minimum atomic E-state index is -0.472. The number of nitrogens with zero attached hydrogens (tertiary/aromatic N) is 1. The van der Waals surface area contributed by atoms with Crippen molar-refractivity contribution in [3.8, 4) is 0 Å². The average Bonchev–Trinajstić information content (AvgIpc) is 2.55. The Bertz CT molecular complexity index is 245. The summed E-state index contributed by atoms with van der Waals surface area (Å²) >= 11 is 0. The first-order chi connectivity index (χ1) is 5.74. The van der Waals surface area contributed by atoms with Crippen LogP contribution in [0.4, 0.5) is 5.69 Å². The van der Waals surface area contributed by atoms with E-state index in [4.69, 9.17) is 4.74 Å². The number of hydrogen-bond acceptors (Lipinski definition) is 4. The molecule has 1 atom stereocenters. The van der Waals surface area contributed by atoms with Crippen LogP contribution in [0.2, 0.25) is 0 Å². The molecule has 1 heterocycles. The van der Waals surface area contributed by atoms with Crippen LogP contribution in [-0.4, -0.2) is 24.3 Å². The Morgan fingerprint density at radius 1 is 1.83 bits per heavy atom. The van der Waals surface area contributed by atoms with Crippen molar-refractivity contribution < 1.29 is 14.1 Å². The smallest absolute Gasteiger partial charge is 0.253 e. The lowest BCUT2D eigenvalue weighted by Crippen LogP contribution is -2.26. The van der Waals surface area contributed by atoms with Crippen LogP contribution in [0.3, 0.4) is 0 Å². The third-order valence-corrected chi connectivity index (χ3v) is 1.42. The summed E-state index contributed by atoms with van der Waals surface area (Å²) in [6, 6.07) is 0. The van der Waals surface area contributed by atoms with Gasteiger partial charge < -0.3 is 14.6 Å². The summed E-state index contributed by atoms with van der Waals surface area (Å²) < 4.78 is 9.32. The van der Waals surface area contributed by atoms with Crippen LogP contribution in [-0.2, 0) is 9.53 Å². The number of hydrogen-bond donors (Lipinski definition) is 1. The molecule has 0 bridgehead atoms. The summed E-state index contributed by atoms with van der Waals surface area (Å²) in [6.07, 6.45) is 2.29. The van der Waals surface area contributed by atoms with Gasteiger partial charge in [-0.05, 0) is 6.92 Å². The van der Waals surface area contributed by atoms with Crippen molar-refractivity contribution in [1.82, 2.24) is 5.16 Å². The van der Waals surface area contributed by atoms with Crippen molar-refractivity contribution in [2.75, 3.05) is 12.4 Å². The molecule has 0 radical (unpaired) electrons. The molecule has 0 saturated carbocycles. The summed E-state index contributed by atoms with van der Waals surface area (Å²) in [5.41, 5.74) is 0.531. The number of anilines is 1. The predicted octanol–water partition coefficient (Wildman–Crippen LogP) is 0.648. The lowest BCUT2D eigenvalue weighted by Gasteiger charge is -2.07. The molecule has 1 aromatic heterocycles. The van der Waals surface area contributed by atoms with Crippen LogP contribution in [0.5, 0.6) is 0 Å². The normalized spacial score (nSPS) is 12.5. The quantitative estimate of drug-likeness (QED) is 0.723. The summed E-state index contributed by atoms with van der Waals surface area (Å²) in [6.45, 7) is 1.66. The number of amides is 1. The Kier molecular flexibility index (Phi) is 2.82.